The molecule has 19 heavy (non-hydrogen) atoms. The van der Waals surface area contributed by atoms with Gasteiger partial charge < -0.3 is 15.1 Å². The summed E-state index contributed by atoms with van der Waals surface area (Å²) in [6.07, 6.45) is 1.64. The van der Waals surface area contributed by atoms with E-state index < -0.39 is 5.41 Å². The molecule has 0 aliphatic carbocycles. The number of nitrogens with one attached hydrogen (secondary N) is 1. The van der Waals surface area contributed by atoms with Crippen LogP contribution in [0.5, 0.6) is 0 Å². The maximum Gasteiger partial charge on any atom is 0.229 e. The molecule has 0 radical (unpaired) electrons. The lowest BCUT2D eigenvalue weighted by Gasteiger charge is -2.22. The first-order chi connectivity index (χ1) is 8.62. The van der Waals surface area contributed by atoms with Crippen molar-refractivity contribution >= 4 is 23.4 Å². The molecule has 0 aromatic carbocycles. The van der Waals surface area contributed by atoms with Crippen molar-refractivity contribution in [1.82, 2.24) is 9.97 Å². The van der Waals surface area contributed by atoms with E-state index in [9.17, 15) is 4.79 Å². The molecule has 1 N–H and O–H groups in total. The highest BCUT2D eigenvalue weighted by molar-refractivity contribution is 5.96. The van der Waals surface area contributed by atoms with Gasteiger partial charge in [-0.25, -0.2) is 4.98 Å². The SMILES string of the molecule is CN(C)c1ncc(NC(=O)C(C)(C)C)c(N(C)C)n1. The number of rotatable bonds is 3. The van der Waals surface area contributed by atoms with Gasteiger partial charge in [0.2, 0.25) is 11.9 Å². The standard InChI is InChI=1S/C13H23N5O/c1-13(2,3)11(19)15-9-8-14-12(18(6)7)16-10(9)17(4)5/h8H,1-7H3,(H,15,19). The Morgan fingerprint density at radius 2 is 1.74 bits per heavy atom. The van der Waals surface area contributed by atoms with Crippen molar-refractivity contribution in [1.29, 1.82) is 0 Å². The summed E-state index contributed by atoms with van der Waals surface area (Å²) in [4.78, 5) is 24.4. The minimum Gasteiger partial charge on any atom is -0.361 e. The zero-order valence-corrected chi connectivity index (χ0v) is 12.8. The number of carbonyl (C=O) groups excluding carboxylic acids is 1. The highest BCUT2D eigenvalue weighted by Gasteiger charge is 2.23. The maximum atomic E-state index is 12.0. The van der Waals surface area contributed by atoms with Crippen molar-refractivity contribution in [2.45, 2.75) is 20.8 Å². The Morgan fingerprint density at radius 3 is 2.16 bits per heavy atom. The average molecular weight is 265 g/mol. The molecule has 1 rings (SSSR count). The van der Waals surface area contributed by atoms with Crippen molar-refractivity contribution in [2.75, 3.05) is 43.3 Å². The van der Waals surface area contributed by atoms with Gasteiger partial charge in [0.1, 0.15) is 5.69 Å². The Morgan fingerprint density at radius 1 is 1.16 bits per heavy atom. The summed E-state index contributed by atoms with van der Waals surface area (Å²) in [6, 6.07) is 0. The van der Waals surface area contributed by atoms with Crippen LogP contribution in [0.25, 0.3) is 0 Å². The zero-order valence-electron chi connectivity index (χ0n) is 12.8. The molecule has 0 fully saturated rings. The molecular weight excluding hydrogens is 242 g/mol. The summed E-state index contributed by atoms with van der Waals surface area (Å²) >= 11 is 0. The van der Waals surface area contributed by atoms with Gasteiger partial charge in [-0.3, -0.25) is 4.79 Å². The first-order valence-electron chi connectivity index (χ1n) is 6.16. The van der Waals surface area contributed by atoms with Crippen molar-refractivity contribution in [3.05, 3.63) is 6.20 Å². The molecule has 106 valence electrons. The normalized spacial score (nSPS) is 11.1. The Hall–Kier alpha value is -1.85. The summed E-state index contributed by atoms with van der Waals surface area (Å²) < 4.78 is 0. The monoisotopic (exact) mass is 265 g/mol. The predicted octanol–water partition coefficient (Wildman–Crippen LogP) is 1.59. The van der Waals surface area contributed by atoms with Crippen molar-refractivity contribution in [3.8, 4) is 0 Å². The highest BCUT2D eigenvalue weighted by atomic mass is 16.2. The van der Waals surface area contributed by atoms with E-state index in [1.54, 1.807) is 6.20 Å². The average Bonchev–Trinajstić information content (AvgIpc) is 2.27. The number of hydrogen-bond donors (Lipinski definition) is 1. The van der Waals surface area contributed by atoms with Crippen LogP contribution in [0.1, 0.15) is 20.8 Å². The molecule has 0 atom stereocenters. The van der Waals surface area contributed by atoms with Gasteiger partial charge in [0.25, 0.3) is 0 Å². The molecule has 1 amide bonds. The molecule has 1 aromatic rings. The number of amides is 1. The summed E-state index contributed by atoms with van der Waals surface area (Å²) in [6.45, 7) is 5.60. The molecule has 6 nitrogen and oxygen atoms in total. The minimum atomic E-state index is -0.455. The molecule has 1 heterocycles. The van der Waals surface area contributed by atoms with Gasteiger partial charge in [-0.1, -0.05) is 20.8 Å². The fourth-order valence-electron chi connectivity index (χ4n) is 1.32. The fourth-order valence-corrected chi connectivity index (χ4v) is 1.32. The summed E-state index contributed by atoms with van der Waals surface area (Å²) in [5, 5.41) is 2.87. The molecule has 0 bridgehead atoms. The van der Waals surface area contributed by atoms with Crippen LogP contribution in [0.3, 0.4) is 0 Å². The van der Waals surface area contributed by atoms with Gasteiger partial charge in [-0.2, -0.15) is 4.98 Å². The van der Waals surface area contributed by atoms with Crippen LogP contribution >= 0.6 is 0 Å². The van der Waals surface area contributed by atoms with Gasteiger partial charge in [-0.05, 0) is 0 Å². The molecule has 6 heteroatoms. The van der Waals surface area contributed by atoms with Gasteiger partial charge in [0.15, 0.2) is 5.82 Å². The third kappa shape index (κ3) is 3.81. The van der Waals surface area contributed by atoms with E-state index >= 15 is 0 Å². The van der Waals surface area contributed by atoms with Gasteiger partial charge >= 0.3 is 0 Å². The molecular formula is C13H23N5O. The third-order valence-corrected chi connectivity index (χ3v) is 2.51. The van der Waals surface area contributed by atoms with Crippen LogP contribution in [-0.4, -0.2) is 44.1 Å². The van der Waals surface area contributed by atoms with Crippen molar-refractivity contribution in [3.63, 3.8) is 0 Å². The van der Waals surface area contributed by atoms with Crippen LogP contribution in [0.15, 0.2) is 6.20 Å². The second-order valence-corrected chi connectivity index (χ2v) is 5.90. The summed E-state index contributed by atoms with van der Waals surface area (Å²) in [5.74, 6) is 1.24. The topological polar surface area (TPSA) is 61.4 Å². The summed E-state index contributed by atoms with van der Waals surface area (Å²) in [7, 11) is 7.52. The smallest absolute Gasteiger partial charge is 0.229 e. The largest absolute Gasteiger partial charge is 0.361 e. The van der Waals surface area contributed by atoms with Crippen molar-refractivity contribution in [2.24, 2.45) is 5.41 Å². The third-order valence-electron chi connectivity index (χ3n) is 2.51. The zero-order chi connectivity index (χ0) is 14.8. The van der Waals surface area contributed by atoms with Crippen LogP contribution in [0.4, 0.5) is 17.5 Å². The number of nitrogens with zero attached hydrogens (tertiary/aromatic N) is 4. The van der Waals surface area contributed by atoms with Gasteiger partial charge in [-0.15, -0.1) is 0 Å². The van der Waals surface area contributed by atoms with Crippen LogP contribution in [-0.2, 0) is 4.79 Å². The molecule has 1 aromatic heterocycles. The molecule has 0 aliphatic heterocycles. The molecule has 0 saturated heterocycles. The quantitative estimate of drug-likeness (QED) is 0.899. The van der Waals surface area contributed by atoms with Gasteiger partial charge in [0, 0.05) is 33.6 Å². The Labute approximate surface area is 114 Å². The fraction of sp³-hybridized carbons (Fsp3) is 0.615. The Balaban J connectivity index is 3.11. The minimum absolute atomic E-state index is 0.0585. The van der Waals surface area contributed by atoms with Crippen molar-refractivity contribution < 1.29 is 4.79 Å². The number of hydrogen-bond acceptors (Lipinski definition) is 5. The Bertz CT molecular complexity index is 463. The van der Waals surface area contributed by atoms with E-state index in [1.165, 1.54) is 0 Å². The van der Waals surface area contributed by atoms with E-state index in [1.807, 2.05) is 58.8 Å². The molecule has 0 spiro atoms. The lowest BCUT2D eigenvalue weighted by molar-refractivity contribution is -0.123. The molecule has 0 aliphatic rings. The number of aromatic nitrogens is 2. The van der Waals surface area contributed by atoms with E-state index in [-0.39, 0.29) is 5.91 Å². The first-order valence-corrected chi connectivity index (χ1v) is 6.16. The second-order valence-electron chi connectivity index (χ2n) is 5.90. The second kappa shape index (κ2) is 5.42. The van der Waals surface area contributed by atoms with Crippen LogP contribution in [0.2, 0.25) is 0 Å². The van der Waals surface area contributed by atoms with E-state index in [0.29, 0.717) is 17.5 Å². The predicted molar refractivity (Wildman–Crippen MR) is 78.8 cm³/mol. The first kappa shape index (κ1) is 15.2. The van der Waals surface area contributed by atoms with Gasteiger partial charge in [0.05, 0.1) is 6.20 Å². The maximum absolute atomic E-state index is 12.0. The molecule has 0 saturated carbocycles. The highest BCUT2D eigenvalue weighted by Crippen LogP contribution is 2.25. The number of carbonyl (C=O) groups is 1. The van der Waals surface area contributed by atoms with E-state index in [4.69, 9.17) is 0 Å². The van der Waals surface area contributed by atoms with Crippen LogP contribution in [0, 0.1) is 5.41 Å². The lowest BCUT2D eigenvalue weighted by Crippen LogP contribution is -2.29. The Kier molecular flexibility index (Phi) is 4.34. The van der Waals surface area contributed by atoms with E-state index in [0.717, 1.165) is 0 Å². The summed E-state index contributed by atoms with van der Waals surface area (Å²) in [5.41, 5.74) is 0.166. The van der Waals surface area contributed by atoms with Crippen LogP contribution < -0.4 is 15.1 Å². The number of anilines is 3. The molecule has 0 unspecified atom stereocenters. The van der Waals surface area contributed by atoms with E-state index in [2.05, 4.69) is 15.3 Å². The lowest BCUT2D eigenvalue weighted by atomic mass is 9.95.